The normalized spacial score (nSPS) is 13.3. The summed E-state index contributed by atoms with van der Waals surface area (Å²) in [6.07, 6.45) is 2.63. The lowest BCUT2D eigenvalue weighted by Crippen LogP contribution is -2.29. The number of aromatic nitrogens is 1. The van der Waals surface area contributed by atoms with Crippen molar-refractivity contribution in [3.63, 3.8) is 0 Å². The smallest absolute Gasteiger partial charge is 0.331 e. The van der Waals surface area contributed by atoms with E-state index in [4.69, 9.17) is 9.15 Å². The third kappa shape index (κ3) is 5.10. The molecule has 29 heavy (non-hydrogen) atoms. The third-order valence-corrected chi connectivity index (χ3v) is 4.70. The number of carbonyl (C=O) groups is 2. The number of rotatable bonds is 7. The molecule has 150 valence electrons. The van der Waals surface area contributed by atoms with Crippen LogP contribution in [0.25, 0.3) is 17.2 Å². The number of anilines is 1. The number of nitrogens with one attached hydrogen (secondary N) is 1. The quantitative estimate of drug-likeness (QED) is 0.456. The second kappa shape index (κ2) is 9.19. The molecule has 0 aliphatic carbocycles. The van der Waals surface area contributed by atoms with Crippen molar-refractivity contribution in [2.75, 3.05) is 5.32 Å². The summed E-state index contributed by atoms with van der Waals surface area (Å²) in [6.45, 7) is 5.73. The molecule has 2 atom stereocenters. The topological polar surface area (TPSA) is 81.4 Å². The largest absolute Gasteiger partial charge is 0.449 e. The van der Waals surface area contributed by atoms with Crippen LogP contribution in [0.1, 0.15) is 44.6 Å². The first-order chi connectivity index (χ1) is 14.0. The highest BCUT2D eigenvalue weighted by molar-refractivity contribution is 5.97. The number of esters is 1. The van der Waals surface area contributed by atoms with Gasteiger partial charge in [0, 0.05) is 17.8 Å². The predicted octanol–water partition coefficient (Wildman–Crippen LogP) is 4.92. The Labute approximate surface area is 169 Å². The number of fused-ring (bicyclic) bond motifs is 1. The van der Waals surface area contributed by atoms with Gasteiger partial charge in [0.15, 0.2) is 11.7 Å². The highest BCUT2D eigenvalue weighted by atomic mass is 16.5. The average Bonchev–Trinajstić information content (AvgIpc) is 3.15. The van der Waals surface area contributed by atoms with Crippen LogP contribution >= 0.6 is 0 Å². The Bertz CT molecular complexity index is 1010. The Morgan fingerprint density at radius 1 is 1.14 bits per heavy atom. The van der Waals surface area contributed by atoms with E-state index in [2.05, 4.69) is 24.1 Å². The van der Waals surface area contributed by atoms with E-state index < -0.39 is 12.1 Å². The van der Waals surface area contributed by atoms with Gasteiger partial charge in [-0.2, -0.15) is 0 Å². The van der Waals surface area contributed by atoms with Crippen molar-refractivity contribution in [1.29, 1.82) is 0 Å². The highest BCUT2D eigenvalue weighted by Gasteiger charge is 2.19. The summed E-state index contributed by atoms with van der Waals surface area (Å²) in [5.74, 6) is -0.430. The summed E-state index contributed by atoms with van der Waals surface area (Å²) in [6, 6.07) is 14.9. The predicted molar refractivity (Wildman–Crippen MR) is 112 cm³/mol. The minimum Gasteiger partial charge on any atom is -0.449 e. The van der Waals surface area contributed by atoms with E-state index in [-0.39, 0.29) is 5.91 Å². The van der Waals surface area contributed by atoms with Crippen molar-refractivity contribution in [2.45, 2.75) is 39.2 Å². The van der Waals surface area contributed by atoms with Crippen molar-refractivity contribution in [2.24, 2.45) is 0 Å². The molecule has 1 amide bonds. The van der Waals surface area contributed by atoms with Crippen molar-refractivity contribution < 1.29 is 18.7 Å². The second-order valence-electron chi connectivity index (χ2n) is 6.82. The van der Waals surface area contributed by atoms with E-state index >= 15 is 0 Å². The monoisotopic (exact) mass is 392 g/mol. The Balaban J connectivity index is 1.60. The minimum absolute atomic E-state index is 0.294. The number of hydrogen-bond acceptors (Lipinski definition) is 5. The van der Waals surface area contributed by atoms with Crippen LogP contribution in [-0.4, -0.2) is 23.0 Å². The van der Waals surface area contributed by atoms with Crippen LogP contribution in [0.2, 0.25) is 0 Å². The zero-order valence-electron chi connectivity index (χ0n) is 16.7. The Morgan fingerprint density at radius 2 is 1.86 bits per heavy atom. The maximum Gasteiger partial charge on any atom is 0.331 e. The van der Waals surface area contributed by atoms with Gasteiger partial charge in [0.2, 0.25) is 5.89 Å². The van der Waals surface area contributed by atoms with Gasteiger partial charge < -0.3 is 14.5 Å². The molecule has 0 saturated carbocycles. The van der Waals surface area contributed by atoms with Gasteiger partial charge in [-0.3, -0.25) is 4.79 Å². The third-order valence-electron chi connectivity index (χ3n) is 4.70. The van der Waals surface area contributed by atoms with Crippen LogP contribution in [0.3, 0.4) is 0 Å². The van der Waals surface area contributed by atoms with Gasteiger partial charge in [-0.1, -0.05) is 44.2 Å². The molecule has 0 aliphatic rings. The molecule has 0 bridgehead atoms. The van der Waals surface area contributed by atoms with Gasteiger partial charge in [0.1, 0.15) is 5.52 Å². The van der Waals surface area contributed by atoms with Crippen LogP contribution in [0.5, 0.6) is 0 Å². The standard InChI is InChI=1S/C23H24N2O4/c1-4-15(2)17-9-5-6-10-18(17)25-23(27)16(3)28-22(26)14-13-21-24-19-11-7-8-12-20(19)29-21/h5-16H,4H2,1-3H3,(H,25,27)/b14-13+. The summed E-state index contributed by atoms with van der Waals surface area (Å²) in [5, 5.41) is 2.85. The SMILES string of the molecule is CCC(C)c1ccccc1NC(=O)C(C)OC(=O)/C=C/c1nc2ccccc2o1. The summed E-state index contributed by atoms with van der Waals surface area (Å²) < 4.78 is 10.7. The van der Waals surface area contributed by atoms with Gasteiger partial charge in [-0.05, 0) is 43.0 Å². The van der Waals surface area contributed by atoms with Crippen molar-refractivity contribution in [3.8, 4) is 0 Å². The van der Waals surface area contributed by atoms with E-state index in [1.54, 1.807) is 6.07 Å². The minimum atomic E-state index is -0.944. The van der Waals surface area contributed by atoms with Crippen LogP contribution in [-0.2, 0) is 14.3 Å². The number of nitrogens with zero attached hydrogens (tertiary/aromatic N) is 1. The fraction of sp³-hybridized carbons (Fsp3) is 0.261. The summed E-state index contributed by atoms with van der Waals surface area (Å²) in [7, 11) is 0. The van der Waals surface area contributed by atoms with Gasteiger partial charge in [0.25, 0.3) is 5.91 Å². The van der Waals surface area contributed by atoms with Crippen LogP contribution in [0, 0.1) is 0 Å². The molecule has 0 radical (unpaired) electrons. The van der Waals surface area contributed by atoms with E-state index in [0.717, 1.165) is 17.7 Å². The molecule has 3 aromatic rings. The molecule has 0 spiro atoms. The van der Waals surface area contributed by atoms with Gasteiger partial charge in [0.05, 0.1) is 0 Å². The maximum atomic E-state index is 12.5. The molecule has 0 aliphatic heterocycles. The number of carbonyl (C=O) groups excluding carboxylic acids is 2. The first kappa shape index (κ1) is 20.3. The second-order valence-corrected chi connectivity index (χ2v) is 6.82. The van der Waals surface area contributed by atoms with Crippen LogP contribution < -0.4 is 5.32 Å². The zero-order chi connectivity index (χ0) is 20.8. The van der Waals surface area contributed by atoms with Gasteiger partial charge >= 0.3 is 5.97 Å². The van der Waals surface area contributed by atoms with Crippen LogP contribution in [0.4, 0.5) is 5.69 Å². The summed E-state index contributed by atoms with van der Waals surface area (Å²) in [4.78, 5) is 28.8. The molecule has 6 nitrogen and oxygen atoms in total. The number of benzene rings is 2. The van der Waals surface area contributed by atoms with Crippen molar-refractivity contribution in [1.82, 2.24) is 4.98 Å². The molecule has 0 saturated heterocycles. The first-order valence-corrected chi connectivity index (χ1v) is 9.62. The molecule has 2 aromatic carbocycles. The van der Waals surface area contributed by atoms with E-state index in [0.29, 0.717) is 22.9 Å². The summed E-state index contributed by atoms with van der Waals surface area (Å²) in [5.41, 5.74) is 3.12. The molecular formula is C23H24N2O4. The Morgan fingerprint density at radius 3 is 2.62 bits per heavy atom. The fourth-order valence-corrected chi connectivity index (χ4v) is 2.86. The number of para-hydroxylation sites is 3. The van der Waals surface area contributed by atoms with Crippen molar-refractivity contribution >= 4 is 34.7 Å². The van der Waals surface area contributed by atoms with Gasteiger partial charge in [-0.15, -0.1) is 0 Å². The molecule has 0 fully saturated rings. The van der Waals surface area contributed by atoms with E-state index in [1.165, 1.54) is 19.1 Å². The lowest BCUT2D eigenvalue weighted by atomic mass is 9.97. The van der Waals surface area contributed by atoms with Gasteiger partial charge in [-0.25, -0.2) is 9.78 Å². The number of ether oxygens (including phenoxy) is 1. The Hall–Kier alpha value is -3.41. The fourth-order valence-electron chi connectivity index (χ4n) is 2.86. The number of amides is 1. The summed E-state index contributed by atoms with van der Waals surface area (Å²) >= 11 is 0. The zero-order valence-corrected chi connectivity index (χ0v) is 16.7. The molecule has 1 heterocycles. The lowest BCUT2D eigenvalue weighted by Gasteiger charge is -2.17. The number of oxazole rings is 1. The lowest BCUT2D eigenvalue weighted by molar-refractivity contribution is -0.148. The first-order valence-electron chi connectivity index (χ1n) is 9.62. The highest BCUT2D eigenvalue weighted by Crippen LogP contribution is 2.26. The van der Waals surface area contributed by atoms with Crippen molar-refractivity contribution in [3.05, 3.63) is 66.1 Å². The average molecular weight is 392 g/mol. The molecule has 1 aromatic heterocycles. The molecular weight excluding hydrogens is 368 g/mol. The molecule has 6 heteroatoms. The Kier molecular flexibility index (Phi) is 6.44. The number of hydrogen-bond donors (Lipinski definition) is 1. The van der Waals surface area contributed by atoms with Crippen LogP contribution in [0.15, 0.2) is 59.0 Å². The van der Waals surface area contributed by atoms with E-state index in [9.17, 15) is 9.59 Å². The maximum absolute atomic E-state index is 12.5. The molecule has 1 N–H and O–H groups in total. The molecule has 2 unspecified atom stereocenters. The van der Waals surface area contributed by atoms with E-state index in [1.807, 2.05) is 42.5 Å². The molecule has 3 rings (SSSR count).